The van der Waals surface area contributed by atoms with E-state index in [1.165, 1.54) is 30.3 Å². The molecular formula is C13H7FN2O3S. The van der Waals surface area contributed by atoms with Crippen LogP contribution in [0.1, 0.15) is 21.2 Å². The Hall–Kier alpha value is -2.59. The molecule has 0 saturated carbocycles. The summed E-state index contributed by atoms with van der Waals surface area (Å²) in [5.41, 5.74) is 0.230. The Morgan fingerprint density at radius 3 is 2.70 bits per heavy atom. The molecule has 7 heteroatoms. The van der Waals surface area contributed by atoms with Crippen LogP contribution in [0.4, 0.5) is 9.39 Å². The summed E-state index contributed by atoms with van der Waals surface area (Å²) in [6.45, 7) is 0. The Bertz CT molecular complexity index is 720. The van der Waals surface area contributed by atoms with Gasteiger partial charge in [0.2, 0.25) is 0 Å². The van der Waals surface area contributed by atoms with Gasteiger partial charge in [-0.25, -0.2) is 4.39 Å². The average molecular weight is 290 g/mol. The Balaban J connectivity index is 2.34. The fourth-order valence-electron chi connectivity index (χ4n) is 1.67. The molecule has 0 fully saturated rings. The van der Waals surface area contributed by atoms with Gasteiger partial charge in [0, 0.05) is 6.07 Å². The van der Waals surface area contributed by atoms with Crippen LogP contribution in [-0.4, -0.2) is 10.7 Å². The van der Waals surface area contributed by atoms with Crippen LogP contribution >= 0.6 is 11.3 Å². The van der Waals surface area contributed by atoms with Gasteiger partial charge >= 0.3 is 5.00 Å². The van der Waals surface area contributed by atoms with Gasteiger partial charge in [0.25, 0.3) is 0 Å². The second-order valence-corrected chi connectivity index (χ2v) is 4.94. The van der Waals surface area contributed by atoms with Crippen molar-refractivity contribution in [3.8, 4) is 6.07 Å². The van der Waals surface area contributed by atoms with Crippen molar-refractivity contribution < 1.29 is 14.1 Å². The van der Waals surface area contributed by atoms with Crippen molar-refractivity contribution in [3.05, 3.63) is 62.8 Å². The first-order valence-corrected chi connectivity index (χ1v) is 6.28. The molecule has 0 spiro atoms. The molecular weight excluding hydrogens is 283 g/mol. The maximum atomic E-state index is 13.1. The summed E-state index contributed by atoms with van der Waals surface area (Å²) in [6, 6.07) is 9.49. The first-order chi connectivity index (χ1) is 9.52. The number of carbonyl (C=O) groups is 1. The molecule has 2 aromatic rings. The first-order valence-electron chi connectivity index (χ1n) is 5.46. The number of nitriles is 1. The molecule has 0 radical (unpaired) electrons. The Kier molecular flexibility index (Phi) is 3.86. The third-order valence-corrected chi connectivity index (χ3v) is 3.64. The lowest BCUT2D eigenvalue weighted by atomic mass is 9.95. The summed E-state index contributed by atoms with van der Waals surface area (Å²) < 4.78 is 13.1. The molecule has 0 amide bonds. The SMILES string of the molecule is N#CC(C(=O)c1ccc([N+](=O)[O-])s1)c1cccc(F)c1. The minimum absolute atomic E-state index is 0.104. The van der Waals surface area contributed by atoms with E-state index >= 15 is 0 Å². The maximum Gasteiger partial charge on any atom is 0.324 e. The third kappa shape index (κ3) is 2.70. The first kappa shape index (κ1) is 13.8. The molecule has 2 rings (SSSR count). The number of carbonyl (C=O) groups excluding carboxylic acids is 1. The Morgan fingerprint density at radius 2 is 2.15 bits per heavy atom. The van der Waals surface area contributed by atoms with E-state index in [-0.39, 0.29) is 15.4 Å². The molecule has 1 heterocycles. The molecule has 100 valence electrons. The van der Waals surface area contributed by atoms with E-state index in [0.717, 1.165) is 6.07 Å². The number of nitro groups is 1. The van der Waals surface area contributed by atoms with Crippen LogP contribution < -0.4 is 0 Å². The van der Waals surface area contributed by atoms with Crippen molar-refractivity contribution in [1.82, 2.24) is 0 Å². The predicted molar refractivity (Wildman–Crippen MR) is 70.1 cm³/mol. The summed E-state index contributed by atoms with van der Waals surface area (Å²) in [4.78, 5) is 22.2. The molecule has 0 aliphatic carbocycles. The standard InChI is InChI=1S/C13H7FN2O3S/c14-9-3-1-2-8(6-9)10(7-15)13(17)11-4-5-12(20-11)16(18)19/h1-6,10H. The Labute approximate surface area is 117 Å². The van der Waals surface area contributed by atoms with Crippen molar-refractivity contribution in [1.29, 1.82) is 5.26 Å². The van der Waals surface area contributed by atoms with Crippen LogP contribution in [0.3, 0.4) is 0 Å². The van der Waals surface area contributed by atoms with Crippen LogP contribution in [0.25, 0.3) is 0 Å². The number of nitrogens with zero attached hydrogens (tertiary/aromatic N) is 2. The maximum absolute atomic E-state index is 13.1. The van der Waals surface area contributed by atoms with Gasteiger partial charge in [-0.15, -0.1) is 0 Å². The number of thiophene rings is 1. The minimum Gasteiger partial charge on any atom is -0.291 e. The number of ketones is 1. The summed E-state index contributed by atoms with van der Waals surface area (Å²) in [6.07, 6.45) is 0. The predicted octanol–water partition coefficient (Wildman–Crippen LogP) is 3.29. The van der Waals surface area contributed by atoms with E-state index in [0.29, 0.717) is 11.3 Å². The van der Waals surface area contributed by atoms with Crippen molar-refractivity contribution in [2.75, 3.05) is 0 Å². The third-order valence-electron chi connectivity index (χ3n) is 2.59. The molecule has 0 saturated heterocycles. The van der Waals surface area contributed by atoms with E-state index in [4.69, 9.17) is 5.26 Å². The molecule has 1 atom stereocenters. The van der Waals surface area contributed by atoms with Crippen LogP contribution in [0.2, 0.25) is 0 Å². The number of hydrogen-bond donors (Lipinski definition) is 0. The van der Waals surface area contributed by atoms with Crippen LogP contribution in [-0.2, 0) is 0 Å². The number of Topliss-reactive ketones (excluding diaryl/α,β-unsaturated/α-hetero) is 1. The smallest absolute Gasteiger partial charge is 0.291 e. The Morgan fingerprint density at radius 1 is 1.40 bits per heavy atom. The molecule has 1 aromatic carbocycles. The van der Waals surface area contributed by atoms with Crippen LogP contribution in [0, 0.1) is 27.3 Å². The lowest BCUT2D eigenvalue weighted by Crippen LogP contribution is -2.10. The molecule has 0 N–H and O–H groups in total. The monoisotopic (exact) mass is 290 g/mol. The number of hydrogen-bond acceptors (Lipinski definition) is 5. The van der Waals surface area contributed by atoms with Crippen molar-refractivity contribution in [3.63, 3.8) is 0 Å². The molecule has 0 aliphatic heterocycles. The summed E-state index contributed by atoms with van der Waals surface area (Å²) in [5.74, 6) is -2.30. The fraction of sp³-hybridized carbons (Fsp3) is 0.0769. The van der Waals surface area contributed by atoms with Crippen molar-refractivity contribution in [2.45, 2.75) is 5.92 Å². The molecule has 20 heavy (non-hydrogen) atoms. The normalized spacial score (nSPS) is 11.6. The summed E-state index contributed by atoms with van der Waals surface area (Å²) >= 11 is 0.698. The zero-order chi connectivity index (χ0) is 14.7. The highest BCUT2D eigenvalue weighted by Gasteiger charge is 2.25. The zero-order valence-electron chi connectivity index (χ0n) is 9.95. The quantitative estimate of drug-likeness (QED) is 0.491. The second-order valence-electron chi connectivity index (χ2n) is 3.88. The fourth-order valence-corrected chi connectivity index (χ4v) is 2.46. The number of halogens is 1. The topological polar surface area (TPSA) is 84.0 Å². The largest absolute Gasteiger partial charge is 0.324 e. The highest BCUT2D eigenvalue weighted by Crippen LogP contribution is 2.29. The van der Waals surface area contributed by atoms with E-state index in [9.17, 15) is 19.3 Å². The van der Waals surface area contributed by atoms with Gasteiger partial charge < -0.3 is 0 Å². The minimum atomic E-state index is -1.18. The lowest BCUT2D eigenvalue weighted by Gasteiger charge is -2.06. The van der Waals surface area contributed by atoms with E-state index < -0.39 is 22.4 Å². The van der Waals surface area contributed by atoms with Crippen molar-refractivity contribution in [2.24, 2.45) is 0 Å². The molecule has 0 aliphatic rings. The lowest BCUT2D eigenvalue weighted by molar-refractivity contribution is -0.380. The van der Waals surface area contributed by atoms with Crippen LogP contribution in [0.15, 0.2) is 36.4 Å². The highest BCUT2D eigenvalue weighted by atomic mass is 32.1. The second kappa shape index (κ2) is 5.59. The number of benzene rings is 1. The van der Waals surface area contributed by atoms with Gasteiger partial charge in [0.15, 0.2) is 5.78 Å². The molecule has 1 unspecified atom stereocenters. The van der Waals surface area contributed by atoms with Gasteiger partial charge in [0.05, 0.1) is 15.9 Å². The van der Waals surface area contributed by atoms with Gasteiger partial charge in [-0.05, 0) is 23.8 Å². The number of rotatable bonds is 4. The van der Waals surface area contributed by atoms with E-state index in [1.54, 1.807) is 6.07 Å². The van der Waals surface area contributed by atoms with E-state index in [2.05, 4.69) is 0 Å². The van der Waals surface area contributed by atoms with E-state index in [1.807, 2.05) is 0 Å². The molecule has 0 bridgehead atoms. The summed E-state index contributed by atoms with van der Waals surface area (Å²) in [7, 11) is 0. The van der Waals surface area contributed by atoms with Gasteiger partial charge in [0.1, 0.15) is 11.7 Å². The van der Waals surface area contributed by atoms with Gasteiger partial charge in [-0.2, -0.15) is 5.26 Å². The average Bonchev–Trinajstić information content (AvgIpc) is 2.89. The van der Waals surface area contributed by atoms with Gasteiger partial charge in [-0.1, -0.05) is 23.5 Å². The van der Waals surface area contributed by atoms with Gasteiger partial charge in [-0.3, -0.25) is 14.9 Å². The van der Waals surface area contributed by atoms with Crippen LogP contribution in [0.5, 0.6) is 0 Å². The summed E-state index contributed by atoms with van der Waals surface area (Å²) in [5, 5.41) is 19.5. The highest BCUT2D eigenvalue weighted by molar-refractivity contribution is 7.17. The molecule has 5 nitrogen and oxygen atoms in total. The zero-order valence-corrected chi connectivity index (χ0v) is 10.8. The molecule has 1 aromatic heterocycles. The van der Waals surface area contributed by atoms with Crippen molar-refractivity contribution >= 4 is 22.1 Å².